The van der Waals surface area contributed by atoms with E-state index >= 15 is 0 Å². The number of aliphatic hydroxyl groups excluding tert-OH is 1. The second-order valence-electron chi connectivity index (χ2n) is 4.24. The summed E-state index contributed by atoms with van der Waals surface area (Å²) in [5.41, 5.74) is 1.81. The highest BCUT2D eigenvalue weighted by atomic mass is 35.5. The summed E-state index contributed by atoms with van der Waals surface area (Å²) >= 11 is 12.3. The Morgan fingerprint density at radius 2 is 1.89 bits per heavy atom. The topological polar surface area (TPSA) is 25.2 Å². The Balaban J connectivity index is 2.21. The quantitative estimate of drug-likeness (QED) is 0.890. The van der Waals surface area contributed by atoms with Crippen LogP contribution in [-0.2, 0) is 6.54 Å². The van der Waals surface area contributed by atoms with Gasteiger partial charge in [0.1, 0.15) is 0 Å². The highest BCUT2D eigenvalue weighted by Crippen LogP contribution is 2.26. The molecule has 0 spiro atoms. The van der Waals surface area contributed by atoms with E-state index in [1.165, 1.54) is 0 Å². The van der Waals surface area contributed by atoms with Crippen molar-refractivity contribution in [3.8, 4) is 0 Å². The lowest BCUT2D eigenvalue weighted by atomic mass is 10.1. The highest BCUT2D eigenvalue weighted by Gasteiger charge is 2.09. The first-order chi connectivity index (χ1) is 8.61. The lowest BCUT2D eigenvalue weighted by molar-refractivity contribution is 0.173. The van der Waals surface area contributed by atoms with Gasteiger partial charge < -0.3 is 9.67 Å². The molecule has 4 heteroatoms. The maximum Gasteiger partial charge on any atom is 0.0802 e. The minimum absolute atomic E-state index is 0.409. The molecule has 0 fully saturated rings. The third kappa shape index (κ3) is 2.89. The van der Waals surface area contributed by atoms with Gasteiger partial charge in [-0.3, -0.25) is 0 Å². The predicted molar refractivity (Wildman–Crippen MR) is 75.2 cm³/mol. The van der Waals surface area contributed by atoms with Gasteiger partial charge in [-0.2, -0.15) is 0 Å². The maximum atomic E-state index is 9.75. The second kappa shape index (κ2) is 5.79. The van der Waals surface area contributed by atoms with E-state index in [0.717, 1.165) is 11.1 Å². The molecule has 96 valence electrons. The summed E-state index contributed by atoms with van der Waals surface area (Å²) in [4.78, 5) is 0. The Morgan fingerprint density at radius 1 is 1.22 bits per heavy atom. The van der Waals surface area contributed by atoms with Crippen LogP contribution in [-0.4, -0.2) is 9.67 Å². The minimum Gasteiger partial charge on any atom is -0.388 e. The van der Waals surface area contributed by atoms with Gasteiger partial charge in [0.15, 0.2) is 0 Å². The number of hydrogen-bond acceptors (Lipinski definition) is 1. The van der Waals surface area contributed by atoms with E-state index in [0.29, 0.717) is 23.0 Å². The van der Waals surface area contributed by atoms with E-state index in [1.807, 2.05) is 48.1 Å². The number of nitrogens with zero attached hydrogens (tertiary/aromatic N) is 1. The van der Waals surface area contributed by atoms with Crippen molar-refractivity contribution >= 4 is 23.2 Å². The minimum atomic E-state index is -0.409. The molecule has 1 aromatic carbocycles. The first kappa shape index (κ1) is 13.5. The molecule has 1 N–H and O–H groups in total. The van der Waals surface area contributed by atoms with Crippen molar-refractivity contribution in [1.82, 2.24) is 4.57 Å². The van der Waals surface area contributed by atoms with Crippen LogP contribution in [0.5, 0.6) is 0 Å². The smallest absolute Gasteiger partial charge is 0.0802 e. The highest BCUT2D eigenvalue weighted by molar-refractivity contribution is 6.35. The van der Waals surface area contributed by atoms with Gasteiger partial charge in [-0.1, -0.05) is 36.2 Å². The Kier molecular flexibility index (Phi) is 4.33. The van der Waals surface area contributed by atoms with Gasteiger partial charge in [0.05, 0.1) is 6.10 Å². The first-order valence-electron chi connectivity index (χ1n) is 5.88. The summed E-state index contributed by atoms with van der Waals surface area (Å²) < 4.78 is 1.97. The summed E-state index contributed by atoms with van der Waals surface area (Å²) in [6.07, 6.45) is 4.14. The van der Waals surface area contributed by atoms with Crippen LogP contribution in [0.2, 0.25) is 10.0 Å². The maximum absolute atomic E-state index is 9.75. The largest absolute Gasteiger partial charge is 0.388 e. The van der Waals surface area contributed by atoms with Crippen LogP contribution in [0.4, 0.5) is 0 Å². The van der Waals surface area contributed by atoms with E-state index in [9.17, 15) is 5.11 Å². The Bertz CT molecular complexity index is 516. The molecule has 2 nitrogen and oxygen atoms in total. The van der Waals surface area contributed by atoms with Crippen LogP contribution < -0.4 is 0 Å². The SMILES string of the molecule is CCC(O)c1ccn(Cc2c(Cl)cccc2Cl)c1. The number of rotatable bonds is 4. The van der Waals surface area contributed by atoms with Crippen molar-refractivity contribution in [3.63, 3.8) is 0 Å². The zero-order valence-corrected chi connectivity index (χ0v) is 11.6. The predicted octanol–water partition coefficient (Wildman–Crippen LogP) is 4.29. The van der Waals surface area contributed by atoms with Crippen LogP contribution >= 0.6 is 23.2 Å². The second-order valence-corrected chi connectivity index (χ2v) is 5.06. The lowest BCUT2D eigenvalue weighted by Crippen LogP contribution is -1.99. The van der Waals surface area contributed by atoms with E-state index in [1.54, 1.807) is 0 Å². The van der Waals surface area contributed by atoms with Crippen LogP contribution in [0.15, 0.2) is 36.7 Å². The van der Waals surface area contributed by atoms with Crippen LogP contribution in [0.1, 0.15) is 30.6 Å². The number of aliphatic hydroxyl groups is 1. The van der Waals surface area contributed by atoms with Crippen molar-refractivity contribution in [2.75, 3.05) is 0 Å². The molecule has 1 atom stereocenters. The molecule has 0 aliphatic carbocycles. The molecule has 0 saturated carbocycles. The molecule has 0 bridgehead atoms. The van der Waals surface area contributed by atoms with Crippen molar-refractivity contribution in [1.29, 1.82) is 0 Å². The third-order valence-electron chi connectivity index (χ3n) is 2.95. The number of aromatic nitrogens is 1. The molecule has 0 aliphatic rings. The number of hydrogen-bond donors (Lipinski definition) is 1. The molecule has 2 rings (SSSR count). The van der Waals surface area contributed by atoms with Gasteiger partial charge in [0.2, 0.25) is 0 Å². The third-order valence-corrected chi connectivity index (χ3v) is 3.66. The average molecular weight is 284 g/mol. The standard InChI is InChI=1S/C14H15Cl2NO/c1-2-14(18)10-6-7-17(8-10)9-11-12(15)4-3-5-13(11)16/h3-8,14,18H,2,9H2,1H3. The van der Waals surface area contributed by atoms with Crippen molar-refractivity contribution in [2.45, 2.75) is 26.0 Å². The molecule has 0 radical (unpaired) electrons. The Morgan fingerprint density at radius 3 is 2.50 bits per heavy atom. The summed E-state index contributed by atoms with van der Waals surface area (Å²) in [5.74, 6) is 0. The molecule has 18 heavy (non-hydrogen) atoms. The van der Waals surface area contributed by atoms with Crippen LogP contribution in [0.25, 0.3) is 0 Å². The van der Waals surface area contributed by atoms with Gasteiger partial charge >= 0.3 is 0 Å². The normalized spacial score (nSPS) is 12.7. The molecular weight excluding hydrogens is 269 g/mol. The first-order valence-corrected chi connectivity index (χ1v) is 6.64. The Labute approximate surface area is 117 Å². The lowest BCUT2D eigenvalue weighted by Gasteiger charge is -2.08. The number of halogens is 2. The zero-order valence-electron chi connectivity index (χ0n) is 10.1. The molecule has 2 aromatic rings. The summed E-state index contributed by atoms with van der Waals surface area (Å²) in [5, 5.41) is 11.1. The van der Waals surface area contributed by atoms with Crippen molar-refractivity contribution in [2.24, 2.45) is 0 Å². The van der Waals surface area contributed by atoms with Gasteiger partial charge in [-0.15, -0.1) is 0 Å². The Hall–Kier alpha value is -0.960. The molecular formula is C14H15Cl2NO. The summed E-state index contributed by atoms with van der Waals surface area (Å²) in [7, 11) is 0. The van der Waals surface area contributed by atoms with Crippen molar-refractivity contribution in [3.05, 3.63) is 57.8 Å². The van der Waals surface area contributed by atoms with E-state index in [-0.39, 0.29) is 0 Å². The summed E-state index contributed by atoms with van der Waals surface area (Å²) in [6, 6.07) is 7.40. The van der Waals surface area contributed by atoms with Crippen LogP contribution in [0.3, 0.4) is 0 Å². The van der Waals surface area contributed by atoms with Gasteiger partial charge in [0.25, 0.3) is 0 Å². The van der Waals surface area contributed by atoms with Gasteiger partial charge in [0, 0.05) is 34.5 Å². The molecule has 0 aliphatic heterocycles. The van der Waals surface area contributed by atoms with E-state index < -0.39 is 6.10 Å². The fourth-order valence-corrected chi connectivity index (χ4v) is 2.37. The fraction of sp³-hybridized carbons (Fsp3) is 0.286. The molecule has 0 saturated heterocycles. The molecule has 0 amide bonds. The van der Waals surface area contributed by atoms with E-state index in [4.69, 9.17) is 23.2 Å². The fourth-order valence-electron chi connectivity index (χ4n) is 1.86. The number of benzene rings is 1. The van der Waals surface area contributed by atoms with Crippen LogP contribution in [0, 0.1) is 0 Å². The molecule has 1 heterocycles. The monoisotopic (exact) mass is 283 g/mol. The molecule has 1 aromatic heterocycles. The zero-order chi connectivity index (χ0) is 13.1. The average Bonchev–Trinajstić information content (AvgIpc) is 2.81. The molecule has 1 unspecified atom stereocenters. The van der Waals surface area contributed by atoms with Gasteiger partial charge in [-0.05, 0) is 30.2 Å². The summed E-state index contributed by atoms with van der Waals surface area (Å²) in [6.45, 7) is 2.56. The van der Waals surface area contributed by atoms with E-state index in [2.05, 4.69) is 0 Å². The van der Waals surface area contributed by atoms with Crippen molar-refractivity contribution < 1.29 is 5.11 Å². The van der Waals surface area contributed by atoms with Gasteiger partial charge in [-0.25, -0.2) is 0 Å².